The fraction of sp³-hybridized carbons (Fsp3) is 0.625. The Morgan fingerprint density at radius 3 is 2.36 bits per heavy atom. The van der Waals surface area contributed by atoms with E-state index in [0.29, 0.717) is 0 Å². The molecule has 0 aromatic carbocycles. The number of nitrogens with zero attached hydrogens (tertiary/aromatic N) is 1. The molecule has 1 fully saturated rings. The van der Waals surface area contributed by atoms with Crippen molar-refractivity contribution in [2.75, 3.05) is 0 Å². The Kier molecular flexibility index (Phi) is 2.78. The summed E-state index contributed by atoms with van der Waals surface area (Å²) in [4.78, 5) is 33.7. The molecule has 1 aliphatic rings. The first-order valence-corrected chi connectivity index (χ1v) is 4.83. The first-order chi connectivity index (χ1) is 6.25. The topological polar surface area (TPSA) is 74.7 Å². The van der Waals surface area contributed by atoms with Gasteiger partial charge in [-0.15, -0.1) is 0 Å². The van der Waals surface area contributed by atoms with Gasteiger partial charge in [-0.2, -0.15) is 5.06 Å². The quantitative estimate of drug-likeness (QED) is 0.341. The first kappa shape index (κ1) is 11.3. The van der Waals surface area contributed by atoms with E-state index in [2.05, 4.69) is 15.9 Å². The van der Waals surface area contributed by atoms with Crippen LogP contribution in [0.25, 0.3) is 0 Å². The Hall–Kier alpha value is -0.750. The molecule has 1 aliphatic heterocycles. The van der Waals surface area contributed by atoms with E-state index in [1.807, 2.05) is 0 Å². The molecule has 0 spiro atoms. The van der Waals surface area contributed by atoms with E-state index in [9.17, 15) is 14.4 Å². The van der Waals surface area contributed by atoms with E-state index in [-0.39, 0.29) is 11.5 Å². The highest BCUT2D eigenvalue weighted by molar-refractivity contribution is 9.10. The van der Waals surface area contributed by atoms with Gasteiger partial charge in [0.2, 0.25) is 0 Å². The molecule has 1 unspecified atom stereocenters. The molecule has 1 rings (SSSR count). The second-order valence-corrected chi connectivity index (χ2v) is 5.62. The van der Waals surface area contributed by atoms with E-state index < -0.39 is 27.8 Å². The molecule has 0 aliphatic carbocycles. The summed E-state index contributed by atoms with van der Waals surface area (Å²) in [5.41, 5.74) is 0. The lowest BCUT2D eigenvalue weighted by atomic mass is 9.94. The van der Waals surface area contributed by atoms with E-state index >= 15 is 0 Å². The Bertz CT molecular complexity index is 307. The van der Waals surface area contributed by atoms with Gasteiger partial charge in [-0.1, -0.05) is 15.9 Å². The third kappa shape index (κ3) is 1.85. The molecule has 1 atom stereocenters. The number of amides is 2. The fourth-order valence-corrected chi connectivity index (χ4v) is 1.51. The minimum absolute atomic E-state index is 0.0152. The summed E-state index contributed by atoms with van der Waals surface area (Å²) < 4.78 is -0.862. The van der Waals surface area contributed by atoms with Gasteiger partial charge in [-0.3, -0.25) is 19.6 Å². The molecule has 14 heavy (non-hydrogen) atoms. The lowest BCUT2D eigenvalue weighted by Crippen LogP contribution is -2.36. The molecule has 1 heterocycles. The van der Waals surface area contributed by atoms with Crippen molar-refractivity contribution in [3.8, 4) is 0 Å². The van der Waals surface area contributed by atoms with Crippen LogP contribution in [0.15, 0.2) is 0 Å². The number of hydroxylamine groups is 2. The molecular weight excluding hydrogens is 254 g/mol. The number of ketones is 1. The average molecular weight is 264 g/mol. The minimum atomic E-state index is -1.05. The molecule has 2 amide bonds. The smallest absolute Gasteiger partial charge is 0.264 e. The fourth-order valence-electron chi connectivity index (χ4n) is 1.24. The van der Waals surface area contributed by atoms with E-state index in [0.717, 1.165) is 0 Å². The van der Waals surface area contributed by atoms with Crippen molar-refractivity contribution in [1.29, 1.82) is 0 Å². The number of halogens is 1. The van der Waals surface area contributed by atoms with Crippen LogP contribution in [0.1, 0.15) is 20.3 Å². The zero-order valence-corrected chi connectivity index (χ0v) is 9.37. The largest absolute Gasteiger partial charge is 0.297 e. The average Bonchev–Trinajstić information content (AvgIpc) is 2.30. The van der Waals surface area contributed by atoms with Crippen molar-refractivity contribution in [3.63, 3.8) is 0 Å². The Morgan fingerprint density at radius 1 is 1.57 bits per heavy atom. The molecule has 1 N–H and O–H groups in total. The van der Waals surface area contributed by atoms with Gasteiger partial charge in [0.25, 0.3) is 11.8 Å². The highest BCUT2D eigenvalue weighted by Gasteiger charge is 2.46. The number of rotatable bonds is 2. The summed E-state index contributed by atoms with van der Waals surface area (Å²) >= 11 is 3.11. The molecule has 78 valence electrons. The molecular formula is C8H10BrNO4. The zero-order chi connectivity index (χ0) is 11.1. The SMILES string of the molecule is CC(C)(Br)C(=O)C1CC(=O)N(O)C1=O. The summed E-state index contributed by atoms with van der Waals surface area (Å²) in [6, 6.07) is 0. The maximum atomic E-state index is 11.6. The van der Waals surface area contributed by atoms with Gasteiger partial charge in [0.05, 0.1) is 4.32 Å². The van der Waals surface area contributed by atoms with Crippen LogP contribution < -0.4 is 0 Å². The molecule has 0 saturated carbocycles. The van der Waals surface area contributed by atoms with Crippen molar-refractivity contribution < 1.29 is 19.6 Å². The van der Waals surface area contributed by atoms with Gasteiger partial charge in [0.1, 0.15) is 5.92 Å². The predicted molar refractivity (Wildman–Crippen MR) is 49.8 cm³/mol. The summed E-state index contributed by atoms with van der Waals surface area (Å²) in [6.45, 7) is 3.18. The number of carbonyl (C=O) groups excluding carboxylic acids is 3. The number of carbonyl (C=O) groups is 3. The van der Waals surface area contributed by atoms with Crippen molar-refractivity contribution in [3.05, 3.63) is 0 Å². The lowest BCUT2D eigenvalue weighted by molar-refractivity contribution is -0.172. The number of Topliss-reactive ketones (excluding diaryl/α,β-unsaturated/α-hetero) is 1. The second kappa shape index (κ2) is 3.43. The third-order valence-electron chi connectivity index (χ3n) is 2.02. The standard InChI is InChI=1S/C8H10BrNO4/c1-8(2,9)6(12)4-3-5(11)10(14)7(4)13/h4,14H,3H2,1-2H3. The van der Waals surface area contributed by atoms with Crippen molar-refractivity contribution in [1.82, 2.24) is 5.06 Å². The number of imide groups is 1. The number of hydrogen-bond acceptors (Lipinski definition) is 4. The first-order valence-electron chi connectivity index (χ1n) is 4.04. The van der Waals surface area contributed by atoms with E-state index in [1.54, 1.807) is 13.8 Å². The molecule has 5 nitrogen and oxygen atoms in total. The Morgan fingerprint density at radius 2 is 2.07 bits per heavy atom. The third-order valence-corrected chi connectivity index (χ3v) is 2.42. The second-order valence-electron chi connectivity index (χ2n) is 3.64. The van der Waals surface area contributed by atoms with Gasteiger partial charge in [-0.05, 0) is 13.8 Å². The van der Waals surface area contributed by atoms with Crippen LogP contribution in [0, 0.1) is 5.92 Å². The minimum Gasteiger partial charge on any atom is -0.297 e. The van der Waals surface area contributed by atoms with Crippen LogP contribution in [0.2, 0.25) is 0 Å². The molecule has 0 aromatic heterocycles. The van der Waals surface area contributed by atoms with Crippen molar-refractivity contribution >= 4 is 33.5 Å². The number of hydrogen-bond donors (Lipinski definition) is 1. The molecule has 6 heteroatoms. The van der Waals surface area contributed by atoms with Gasteiger partial charge < -0.3 is 0 Å². The molecule has 0 aromatic rings. The maximum Gasteiger partial charge on any atom is 0.264 e. The summed E-state index contributed by atoms with van der Waals surface area (Å²) in [6.07, 6.45) is -0.247. The maximum absolute atomic E-state index is 11.6. The predicted octanol–water partition coefficient (Wildman–Crippen LogP) is 0.493. The summed E-state index contributed by atoms with van der Waals surface area (Å²) in [5.74, 6) is -3.02. The Labute approximate surface area is 89.1 Å². The highest BCUT2D eigenvalue weighted by atomic mass is 79.9. The zero-order valence-electron chi connectivity index (χ0n) is 7.78. The summed E-state index contributed by atoms with van der Waals surface area (Å²) in [7, 11) is 0. The highest BCUT2D eigenvalue weighted by Crippen LogP contribution is 2.28. The normalized spacial score (nSPS) is 23.1. The van der Waals surface area contributed by atoms with Crippen LogP contribution in [0.5, 0.6) is 0 Å². The monoisotopic (exact) mass is 263 g/mol. The summed E-state index contributed by atoms with van der Waals surface area (Å²) in [5, 5.41) is 8.93. The van der Waals surface area contributed by atoms with Crippen molar-refractivity contribution in [2.45, 2.75) is 24.6 Å². The van der Waals surface area contributed by atoms with Crippen LogP contribution >= 0.6 is 15.9 Å². The van der Waals surface area contributed by atoms with Crippen LogP contribution in [0.3, 0.4) is 0 Å². The van der Waals surface area contributed by atoms with Gasteiger partial charge in [0.15, 0.2) is 5.78 Å². The van der Waals surface area contributed by atoms with Gasteiger partial charge in [0, 0.05) is 6.42 Å². The van der Waals surface area contributed by atoms with Gasteiger partial charge >= 0.3 is 0 Å². The van der Waals surface area contributed by atoms with E-state index in [1.165, 1.54) is 0 Å². The van der Waals surface area contributed by atoms with Crippen LogP contribution in [0.4, 0.5) is 0 Å². The van der Waals surface area contributed by atoms with Crippen LogP contribution in [-0.2, 0) is 14.4 Å². The molecule has 0 radical (unpaired) electrons. The Balaban J connectivity index is 2.88. The van der Waals surface area contributed by atoms with Gasteiger partial charge in [-0.25, -0.2) is 0 Å². The molecule has 0 bridgehead atoms. The van der Waals surface area contributed by atoms with Crippen molar-refractivity contribution in [2.24, 2.45) is 5.92 Å². The lowest BCUT2D eigenvalue weighted by Gasteiger charge is -2.17. The molecule has 1 saturated heterocycles. The van der Waals surface area contributed by atoms with E-state index in [4.69, 9.17) is 5.21 Å². The number of alkyl halides is 1. The van der Waals surface area contributed by atoms with Crippen LogP contribution in [-0.4, -0.2) is 32.2 Å².